The normalized spacial score (nSPS) is 11.0. The summed E-state index contributed by atoms with van der Waals surface area (Å²) >= 11 is 13.7. The number of hydrogen-bond donors (Lipinski definition) is 0. The molecule has 0 amide bonds. The maximum Gasteiger partial charge on any atom is 0.0480 e. The molecule has 13 heavy (non-hydrogen) atoms. The molecule has 2 rings (SSSR count). The van der Waals surface area contributed by atoms with Gasteiger partial charge in [-0.25, -0.2) is 0 Å². The summed E-state index contributed by atoms with van der Waals surface area (Å²) < 4.78 is 2.57. The third-order valence-corrected chi connectivity index (χ3v) is 4.95. The molecule has 0 bridgehead atoms. The Balaban J connectivity index is 2.88. The largest absolute Gasteiger partial charge is 0.143 e. The zero-order chi connectivity index (χ0) is 9.42. The van der Waals surface area contributed by atoms with Crippen LogP contribution in [-0.4, -0.2) is 0 Å². The molecule has 1 aromatic heterocycles. The van der Waals surface area contributed by atoms with Gasteiger partial charge in [-0.15, -0.1) is 11.3 Å². The first-order chi connectivity index (χ1) is 6.24. The molecule has 1 heterocycles. The molecular formula is C9H5BrClIS. The topological polar surface area (TPSA) is 0 Å². The Morgan fingerprint density at radius 1 is 1.54 bits per heavy atom. The molecule has 68 valence electrons. The zero-order valence-corrected chi connectivity index (χ0v) is 11.8. The number of halogens is 3. The fraction of sp³-hybridized carbons (Fsp3) is 0.111. The van der Waals surface area contributed by atoms with E-state index < -0.39 is 0 Å². The fourth-order valence-corrected chi connectivity index (χ4v) is 4.30. The number of benzene rings is 1. The van der Waals surface area contributed by atoms with Crippen LogP contribution in [-0.2, 0) is 5.33 Å². The van der Waals surface area contributed by atoms with E-state index in [4.69, 9.17) is 11.6 Å². The van der Waals surface area contributed by atoms with Gasteiger partial charge in [-0.1, -0.05) is 27.5 Å². The van der Waals surface area contributed by atoms with Crippen LogP contribution in [0.25, 0.3) is 10.1 Å². The minimum Gasteiger partial charge on any atom is -0.143 e. The second kappa shape index (κ2) is 4.04. The molecule has 0 saturated heterocycles. The highest BCUT2D eigenvalue weighted by Crippen LogP contribution is 2.34. The predicted octanol–water partition coefficient (Wildman–Crippen LogP) is 5.05. The number of rotatable bonds is 1. The van der Waals surface area contributed by atoms with Gasteiger partial charge >= 0.3 is 0 Å². The summed E-state index contributed by atoms with van der Waals surface area (Å²) in [6, 6.07) is 4.15. The maximum atomic E-state index is 6.14. The Bertz CT molecular complexity index is 452. The SMILES string of the molecule is Clc1cc(I)c2sccc2c1CBr. The van der Waals surface area contributed by atoms with E-state index in [9.17, 15) is 0 Å². The van der Waals surface area contributed by atoms with E-state index in [2.05, 4.69) is 50.0 Å². The van der Waals surface area contributed by atoms with Crippen molar-refractivity contribution in [1.82, 2.24) is 0 Å². The highest BCUT2D eigenvalue weighted by Gasteiger charge is 2.09. The molecule has 4 heteroatoms. The molecule has 0 saturated carbocycles. The van der Waals surface area contributed by atoms with Crippen LogP contribution in [0.3, 0.4) is 0 Å². The van der Waals surface area contributed by atoms with Crippen LogP contribution in [0.5, 0.6) is 0 Å². The number of alkyl halides is 1. The minimum absolute atomic E-state index is 0.815. The Morgan fingerprint density at radius 2 is 2.31 bits per heavy atom. The van der Waals surface area contributed by atoms with Crippen molar-refractivity contribution in [3.05, 3.63) is 31.7 Å². The summed E-state index contributed by atoms with van der Waals surface area (Å²) in [6.45, 7) is 0. The molecule has 0 aliphatic carbocycles. The monoisotopic (exact) mass is 386 g/mol. The summed E-state index contributed by atoms with van der Waals surface area (Å²) in [5.41, 5.74) is 1.19. The molecule has 2 aromatic rings. The van der Waals surface area contributed by atoms with E-state index in [1.54, 1.807) is 11.3 Å². The molecule has 0 fully saturated rings. The standard InChI is InChI=1S/C9H5BrClIS/c10-4-6-5-1-2-13-9(5)8(12)3-7(6)11/h1-3H,4H2. The van der Waals surface area contributed by atoms with E-state index in [-0.39, 0.29) is 0 Å². The van der Waals surface area contributed by atoms with Crippen molar-refractivity contribution in [1.29, 1.82) is 0 Å². The van der Waals surface area contributed by atoms with Crippen molar-refractivity contribution >= 4 is 71.5 Å². The summed E-state index contributed by atoms with van der Waals surface area (Å²) in [6.07, 6.45) is 0. The van der Waals surface area contributed by atoms with Crippen LogP contribution < -0.4 is 0 Å². The lowest BCUT2D eigenvalue weighted by atomic mass is 10.1. The number of hydrogen-bond acceptors (Lipinski definition) is 1. The van der Waals surface area contributed by atoms with Gasteiger partial charge in [0, 0.05) is 18.6 Å². The molecule has 0 aliphatic rings. The van der Waals surface area contributed by atoms with Crippen LogP contribution in [0.2, 0.25) is 5.02 Å². The number of fused-ring (bicyclic) bond motifs is 1. The Kier molecular flexibility index (Phi) is 3.18. The van der Waals surface area contributed by atoms with Crippen molar-refractivity contribution in [3.8, 4) is 0 Å². The van der Waals surface area contributed by atoms with Crippen LogP contribution >= 0.6 is 61.5 Å². The lowest BCUT2D eigenvalue weighted by molar-refractivity contribution is 1.49. The van der Waals surface area contributed by atoms with Crippen molar-refractivity contribution in [2.75, 3.05) is 0 Å². The first kappa shape index (κ1) is 10.2. The highest BCUT2D eigenvalue weighted by atomic mass is 127. The lowest BCUT2D eigenvalue weighted by Crippen LogP contribution is -1.83. The van der Waals surface area contributed by atoms with Crippen molar-refractivity contribution in [2.45, 2.75) is 5.33 Å². The minimum atomic E-state index is 0.815. The molecule has 0 spiro atoms. The quantitative estimate of drug-likeness (QED) is 0.474. The van der Waals surface area contributed by atoms with Crippen molar-refractivity contribution in [3.63, 3.8) is 0 Å². The van der Waals surface area contributed by atoms with Gasteiger partial charge in [-0.3, -0.25) is 0 Å². The number of thiophene rings is 1. The summed E-state index contributed by atoms with van der Waals surface area (Å²) in [5.74, 6) is 0. The lowest BCUT2D eigenvalue weighted by Gasteiger charge is -2.03. The average molecular weight is 387 g/mol. The van der Waals surface area contributed by atoms with Crippen molar-refractivity contribution < 1.29 is 0 Å². The van der Waals surface area contributed by atoms with Gasteiger partial charge in [0.25, 0.3) is 0 Å². The van der Waals surface area contributed by atoms with Gasteiger partial charge in [-0.2, -0.15) is 0 Å². The molecule has 1 aromatic carbocycles. The summed E-state index contributed by atoms with van der Waals surface area (Å²) in [5, 5.41) is 5.05. The molecule has 0 atom stereocenters. The average Bonchev–Trinajstić information content (AvgIpc) is 2.53. The summed E-state index contributed by atoms with van der Waals surface area (Å²) in [7, 11) is 0. The smallest absolute Gasteiger partial charge is 0.0480 e. The summed E-state index contributed by atoms with van der Waals surface area (Å²) in [4.78, 5) is 0. The van der Waals surface area contributed by atoms with E-state index in [1.165, 1.54) is 19.2 Å². The van der Waals surface area contributed by atoms with Gasteiger partial charge in [-0.05, 0) is 51.1 Å². The Morgan fingerprint density at radius 3 is 3.00 bits per heavy atom. The van der Waals surface area contributed by atoms with E-state index in [0.29, 0.717) is 0 Å². The van der Waals surface area contributed by atoms with Crippen LogP contribution in [0.4, 0.5) is 0 Å². The van der Waals surface area contributed by atoms with Gasteiger partial charge < -0.3 is 0 Å². The highest BCUT2D eigenvalue weighted by molar-refractivity contribution is 14.1. The van der Waals surface area contributed by atoms with E-state index >= 15 is 0 Å². The molecule has 0 aliphatic heterocycles. The van der Waals surface area contributed by atoms with E-state index in [1.807, 2.05) is 6.07 Å². The van der Waals surface area contributed by atoms with Gasteiger partial charge in [0.1, 0.15) is 0 Å². The first-order valence-electron chi connectivity index (χ1n) is 3.64. The van der Waals surface area contributed by atoms with Gasteiger partial charge in [0.15, 0.2) is 0 Å². The molecule has 0 N–H and O–H groups in total. The van der Waals surface area contributed by atoms with Gasteiger partial charge in [0.2, 0.25) is 0 Å². The van der Waals surface area contributed by atoms with Gasteiger partial charge in [0.05, 0.1) is 0 Å². The second-order valence-electron chi connectivity index (χ2n) is 2.62. The molecule has 0 radical (unpaired) electrons. The van der Waals surface area contributed by atoms with Crippen molar-refractivity contribution in [2.24, 2.45) is 0 Å². The Labute approximate surface area is 108 Å². The fourth-order valence-electron chi connectivity index (χ4n) is 1.26. The molecular weight excluding hydrogens is 382 g/mol. The van der Waals surface area contributed by atoms with E-state index in [0.717, 1.165) is 10.4 Å². The third-order valence-electron chi connectivity index (χ3n) is 1.88. The van der Waals surface area contributed by atoms with Crippen LogP contribution in [0.1, 0.15) is 5.56 Å². The van der Waals surface area contributed by atoms with Crippen LogP contribution in [0.15, 0.2) is 17.5 Å². The zero-order valence-electron chi connectivity index (χ0n) is 6.48. The molecule has 0 unspecified atom stereocenters. The second-order valence-corrected chi connectivity index (χ2v) is 5.66. The maximum absolute atomic E-state index is 6.14. The third kappa shape index (κ3) is 1.76. The first-order valence-corrected chi connectivity index (χ1v) is 7.10. The van der Waals surface area contributed by atoms with Crippen LogP contribution in [0, 0.1) is 3.57 Å². The molecule has 0 nitrogen and oxygen atoms in total. The predicted molar refractivity (Wildman–Crippen MR) is 72.2 cm³/mol. The Hall–Kier alpha value is 0.680.